The molecule has 4 bridgehead atoms. The quantitative estimate of drug-likeness (QED) is 0.633. The van der Waals surface area contributed by atoms with Gasteiger partial charge in [0.05, 0.1) is 11.1 Å². The van der Waals surface area contributed by atoms with Gasteiger partial charge in [0.15, 0.2) is 0 Å². The molecule has 4 saturated carbocycles. The molecular formula is C18H22ClNO2. The Morgan fingerprint density at radius 3 is 2.55 bits per heavy atom. The maximum absolute atomic E-state index is 13.0. The molecule has 0 saturated heterocycles. The molecule has 2 N–H and O–H groups in total. The lowest BCUT2D eigenvalue weighted by atomic mass is 9.49. The van der Waals surface area contributed by atoms with Crippen molar-refractivity contribution in [3.8, 4) is 5.75 Å². The molecule has 0 aliphatic heterocycles. The van der Waals surface area contributed by atoms with E-state index in [1.165, 1.54) is 6.42 Å². The highest BCUT2D eigenvalue weighted by atomic mass is 35.5. The number of aromatic hydroxyl groups is 1. The van der Waals surface area contributed by atoms with E-state index in [0.717, 1.165) is 37.7 Å². The lowest BCUT2D eigenvalue weighted by Gasteiger charge is -2.59. The van der Waals surface area contributed by atoms with E-state index in [1.807, 2.05) is 13.0 Å². The van der Waals surface area contributed by atoms with E-state index in [9.17, 15) is 9.90 Å². The Morgan fingerprint density at radius 2 is 1.95 bits per heavy atom. The van der Waals surface area contributed by atoms with Gasteiger partial charge in [-0.25, -0.2) is 0 Å². The Morgan fingerprint density at radius 1 is 1.27 bits per heavy atom. The number of amides is 1. The molecule has 0 spiro atoms. The molecule has 1 aromatic carbocycles. The molecule has 0 heterocycles. The number of hydrogen-bond acceptors (Lipinski definition) is 2. The van der Waals surface area contributed by atoms with Gasteiger partial charge in [-0.15, -0.1) is 11.6 Å². The number of halogens is 1. The Balaban J connectivity index is 1.60. The summed E-state index contributed by atoms with van der Waals surface area (Å²) in [6.07, 6.45) is 6.06. The number of rotatable bonds is 2. The molecule has 4 aliphatic carbocycles. The largest absolute Gasteiger partial charge is 0.506 e. The molecule has 2 atom stereocenters. The van der Waals surface area contributed by atoms with Crippen molar-refractivity contribution in [2.45, 2.75) is 50.3 Å². The number of benzene rings is 1. The molecule has 118 valence electrons. The zero-order valence-electron chi connectivity index (χ0n) is 12.9. The van der Waals surface area contributed by atoms with Gasteiger partial charge in [0, 0.05) is 4.87 Å². The number of carbonyl (C=O) groups excluding carboxylic acids is 1. The molecule has 0 radical (unpaired) electrons. The first-order valence-electron chi connectivity index (χ1n) is 8.18. The number of nitrogens with one attached hydrogen (secondary N) is 1. The summed E-state index contributed by atoms with van der Waals surface area (Å²) in [4.78, 5) is 12.8. The van der Waals surface area contributed by atoms with Gasteiger partial charge in [-0.3, -0.25) is 4.79 Å². The third-order valence-corrected chi connectivity index (χ3v) is 6.32. The lowest BCUT2D eigenvalue weighted by molar-refractivity contribution is -0.138. The molecule has 2 unspecified atom stereocenters. The highest BCUT2D eigenvalue weighted by molar-refractivity contribution is 6.24. The Kier molecular flexibility index (Phi) is 3.03. The minimum absolute atomic E-state index is 0.0470. The highest BCUT2D eigenvalue weighted by Crippen LogP contribution is 2.64. The number of phenols is 1. The summed E-state index contributed by atoms with van der Waals surface area (Å²) < 4.78 is 0. The first-order chi connectivity index (χ1) is 10.4. The van der Waals surface area contributed by atoms with Gasteiger partial charge >= 0.3 is 0 Å². The molecular weight excluding hydrogens is 298 g/mol. The van der Waals surface area contributed by atoms with E-state index in [1.54, 1.807) is 12.1 Å². The van der Waals surface area contributed by atoms with Crippen LogP contribution in [0.15, 0.2) is 18.2 Å². The van der Waals surface area contributed by atoms with Crippen molar-refractivity contribution < 1.29 is 9.90 Å². The predicted octanol–water partition coefficient (Wildman–Crippen LogP) is 4.22. The van der Waals surface area contributed by atoms with Gasteiger partial charge in [0.25, 0.3) is 0 Å². The molecule has 22 heavy (non-hydrogen) atoms. The molecule has 1 aromatic rings. The van der Waals surface area contributed by atoms with E-state index in [2.05, 4.69) is 5.32 Å². The fourth-order valence-electron chi connectivity index (χ4n) is 5.42. The van der Waals surface area contributed by atoms with Crippen molar-refractivity contribution >= 4 is 23.2 Å². The van der Waals surface area contributed by atoms with Crippen LogP contribution in [-0.2, 0) is 4.79 Å². The normalized spacial score (nSPS) is 39.0. The summed E-state index contributed by atoms with van der Waals surface area (Å²) in [5.41, 5.74) is 1.16. The summed E-state index contributed by atoms with van der Waals surface area (Å²) in [6.45, 7) is 1.92. The Bertz CT molecular complexity index is 628. The molecule has 1 amide bonds. The van der Waals surface area contributed by atoms with Crippen molar-refractivity contribution in [2.24, 2.45) is 17.3 Å². The summed E-state index contributed by atoms with van der Waals surface area (Å²) >= 11 is 6.79. The van der Waals surface area contributed by atoms with Crippen LogP contribution in [0.2, 0.25) is 0 Å². The van der Waals surface area contributed by atoms with Crippen LogP contribution in [-0.4, -0.2) is 15.9 Å². The van der Waals surface area contributed by atoms with E-state index >= 15 is 0 Å². The number of anilines is 1. The summed E-state index contributed by atoms with van der Waals surface area (Å²) in [5, 5.41) is 13.0. The minimum Gasteiger partial charge on any atom is -0.506 e. The SMILES string of the molecule is Cc1ccc(NC(=O)C23CC4CC(CC(Cl)(C4)C2)C3)c(O)c1. The third kappa shape index (κ3) is 2.21. The van der Waals surface area contributed by atoms with Gasteiger partial charge in [-0.05, 0) is 75.0 Å². The molecule has 5 rings (SSSR count). The standard InChI is InChI=1S/C18H22ClNO2/c1-11-2-3-14(15(21)4-11)20-16(22)17-6-12-5-13(7-17)9-18(19,8-12)10-17/h2-4,12-13,21H,5-10H2,1H3,(H,20,22). The second-order valence-electron chi connectivity index (χ2n) is 7.87. The zero-order valence-corrected chi connectivity index (χ0v) is 13.6. The lowest BCUT2D eigenvalue weighted by Crippen LogP contribution is -2.57. The van der Waals surface area contributed by atoms with Crippen molar-refractivity contribution in [2.75, 3.05) is 5.32 Å². The predicted molar refractivity (Wildman–Crippen MR) is 87.2 cm³/mol. The van der Waals surface area contributed by atoms with Crippen molar-refractivity contribution in [1.29, 1.82) is 0 Å². The van der Waals surface area contributed by atoms with E-state index < -0.39 is 0 Å². The second-order valence-corrected chi connectivity index (χ2v) is 8.67. The van der Waals surface area contributed by atoms with E-state index in [-0.39, 0.29) is 21.9 Å². The number of alkyl halides is 1. The third-order valence-electron chi connectivity index (χ3n) is 5.87. The van der Waals surface area contributed by atoms with Gasteiger partial charge < -0.3 is 10.4 Å². The first kappa shape index (κ1) is 14.4. The van der Waals surface area contributed by atoms with E-state index in [0.29, 0.717) is 17.5 Å². The monoisotopic (exact) mass is 319 g/mol. The van der Waals surface area contributed by atoms with Crippen molar-refractivity contribution in [3.63, 3.8) is 0 Å². The van der Waals surface area contributed by atoms with Crippen LogP contribution in [0.3, 0.4) is 0 Å². The first-order valence-corrected chi connectivity index (χ1v) is 8.55. The van der Waals surface area contributed by atoms with Crippen molar-refractivity contribution in [1.82, 2.24) is 0 Å². The van der Waals surface area contributed by atoms with Gasteiger partial charge in [0.1, 0.15) is 5.75 Å². The van der Waals surface area contributed by atoms with Crippen LogP contribution in [0.25, 0.3) is 0 Å². The fourth-order valence-corrected chi connectivity index (χ4v) is 6.11. The maximum atomic E-state index is 13.0. The topological polar surface area (TPSA) is 49.3 Å². The summed E-state index contributed by atoms with van der Waals surface area (Å²) in [6, 6.07) is 5.36. The second kappa shape index (κ2) is 4.64. The van der Waals surface area contributed by atoms with Crippen LogP contribution in [0.4, 0.5) is 5.69 Å². The average molecular weight is 320 g/mol. The van der Waals surface area contributed by atoms with Gasteiger partial charge in [-0.2, -0.15) is 0 Å². The summed E-state index contributed by atoms with van der Waals surface area (Å²) in [7, 11) is 0. The summed E-state index contributed by atoms with van der Waals surface area (Å²) in [5.74, 6) is 1.37. The smallest absolute Gasteiger partial charge is 0.230 e. The van der Waals surface area contributed by atoms with Gasteiger partial charge in [0.2, 0.25) is 5.91 Å². The number of phenolic OH excluding ortho intramolecular Hbond substituents is 1. The number of carbonyl (C=O) groups is 1. The Labute approximate surface area is 136 Å². The molecule has 4 aliphatic rings. The van der Waals surface area contributed by atoms with Crippen LogP contribution in [0.5, 0.6) is 5.75 Å². The highest BCUT2D eigenvalue weighted by Gasteiger charge is 2.60. The van der Waals surface area contributed by atoms with Crippen LogP contribution >= 0.6 is 11.6 Å². The number of aryl methyl sites for hydroxylation is 1. The molecule has 4 fully saturated rings. The van der Waals surface area contributed by atoms with Crippen LogP contribution in [0, 0.1) is 24.2 Å². The van der Waals surface area contributed by atoms with Gasteiger partial charge in [-0.1, -0.05) is 6.07 Å². The van der Waals surface area contributed by atoms with Crippen LogP contribution < -0.4 is 5.32 Å². The molecule has 0 aromatic heterocycles. The fraction of sp³-hybridized carbons (Fsp3) is 0.611. The Hall–Kier alpha value is -1.22. The minimum atomic E-state index is -0.330. The molecule has 4 heteroatoms. The van der Waals surface area contributed by atoms with E-state index in [4.69, 9.17) is 11.6 Å². The number of hydrogen-bond donors (Lipinski definition) is 2. The van der Waals surface area contributed by atoms with Crippen LogP contribution in [0.1, 0.15) is 44.1 Å². The zero-order chi connectivity index (χ0) is 15.5. The van der Waals surface area contributed by atoms with Crippen molar-refractivity contribution in [3.05, 3.63) is 23.8 Å². The maximum Gasteiger partial charge on any atom is 0.230 e. The average Bonchev–Trinajstić information content (AvgIpc) is 2.39. The molecule has 3 nitrogen and oxygen atoms in total.